The lowest BCUT2D eigenvalue weighted by Gasteiger charge is -2.38. The lowest BCUT2D eigenvalue weighted by molar-refractivity contribution is -0.129. The maximum Gasteiger partial charge on any atom is 0.238 e. The number of hydrogen-bond acceptors (Lipinski definition) is 3. The highest BCUT2D eigenvalue weighted by molar-refractivity contribution is 6.74. The van der Waals surface area contributed by atoms with E-state index >= 15 is 0 Å². The number of benzene rings is 1. The van der Waals surface area contributed by atoms with Crippen LogP contribution in [0, 0.1) is 0 Å². The molecule has 0 N–H and O–H groups in total. The first-order valence-corrected chi connectivity index (χ1v) is 11.6. The molecule has 3 atom stereocenters. The van der Waals surface area contributed by atoms with Crippen LogP contribution in [-0.4, -0.2) is 43.6 Å². The molecule has 1 aromatic rings. The summed E-state index contributed by atoms with van der Waals surface area (Å²) in [5.74, 6) is -0.643. The van der Waals surface area contributed by atoms with Gasteiger partial charge < -0.3 is 9.33 Å². The van der Waals surface area contributed by atoms with Gasteiger partial charge in [0.25, 0.3) is 0 Å². The maximum atomic E-state index is 12.8. The number of carbonyl (C=O) groups is 2. The summed E-state index contributed by atoms with van der Waals surface area (Å²) < 4.78 is 6.43. The fourth-order valence-electron chi connectivity index (χ4n) is 3.42. The van der Waals surface area contributed by atoms with Crippen LogP contribution in [0.1, 0.15) is 38.7 Å². The molecule has 3 rings (SSSR count). The lowest BCUT2D eigenvalue weighted by atomic mass is 9.93. The summed E-state index contributed by atoms with van der Waals surface area (Å²) in [6.45, 7) is 11.6. The van der Waals surface area contributed by atoms with Gasteiger partial charge in [-0.05, 0) is 23.7 Å². The molecule has 0 spiro atoms. The summed E-state index contributed by atoms with van der Waals surface area (Å²) in [6.07, 6.45) is 0.626. The number of ketones is 1. The number of rotatable bonds is 3. The van der Waals surface area contributed by atoms with Gasteiger partial charge in [-0.3, -0.25) is 9.59 Å². The topological polar surface area (TPSA) is 46.6 Å². The molecule has 2 aliphatic heterocycles. The van der Waals surface area contributed by atoms with Gasteiger partial charge in [0.2, 0.25) is 5.91 Å². The van der Waals surface area contributed by atoms with Gasteiger partial charge in [-0.2, -0.15) is 0 Å². The van der Waals surface area contributed by atoms with Crippen LogP contribution in [0.2, 0.25) is 18.1 Å². The van der Waals surface area contributed by atoms with E-state index in [1.165, 1.54) is 0 Å². The molecular formula is C19H27NO3Si. The van der Waals surface area contributed by atoms with Crippen molar-refractivity contribution in [1.82, 2.24) is 4.90 Å². The highest BCUT2D eigenvalue weighted by Crippen LogP contribution is 2.41. The first kappa shape index (κ1) is 17.4. The summed E-state index contributed by atoms with van der Waals surface area (Å²) >= 11 is 0. The van der Waals surface area contributed by atoms with E-state index in [2.05, 4.69) is 33.9 Å². The van der Waals surface area contributed by atoms with Crippen LogP contribution >= 0.6 is 0 Å². The Balaban J connectivity index is 1.74. The monoisotopic (exact) mass is 345 g/mol. The Morgan fingerprint density at radius 1 is 1.12 bits per heavy atom. The van der Waals surface area contributed by atoms with Gasteiger partial charge in [0.15, 0.2) is 14.1 Å². The number of nitrogens with zero attached hydrogens (tertiary/aromatic N) is 1. The fraction of sp³-hybridized carbons (Fsp3) is 0.579. The first-order chi connectivity index (χ1) is 11.1. The summed E-state index contributed by atoms with van der Waals surface area (Å²) in [5.41, 5.74) is 0.809. The van der Waals surface area contributed by atoms with Gasteiger partial charge in [-0.1, -0.05) is 51.1 Å². The zero-order chi connectivity index (χ0) is 17.7. The van der Waals surface area contributed by atoms with Gasteiger partial charge in [-0.25, -0.2) is 0 Å². The largest absolute Gasteiger partial charge is 0.412 e. The van der Waals surface area contributed by atoms with Gasteiger partial charge in [0.1, 0.15) is 5.92 Å². The molecule has 4 nitrogen and oxygen atoms in total. The average Bonchev–Trinajstić information content (AvgIpc) is 2.98. The highest BCUT2D eigenvalue weighted by atomic mass is 28.4. The predicted molar refractivity (Wildman–Crippen MR) is 96.4 cm³/mol. The molecular weight excluding hydrogens is 318 g/mol. The Hall–Kier alpha value is -1.46. The number of carbonyl (C=O) groups excluding carboxylic acids is 2. The molecule has 0 aliphatic carbocycles. The van der Waals surface area contributed by atoms with Crippen LogP contribution in [0.5, 0.6) is 0 Å². The number of amides is 1. The Morgan fingerprint density at radius 3 is 2.29 bits per heavy atom. The fourth-order valence-corrected chi connectivity index (χ4v) is 4.78. The van der Waals surface area contributed by atoms with E-state index in [4.69, 9.17) is 4.43 Å². The molecule has 5 heteroatoms. The third kappa shape index (κ3) is 2.84. The van der Waals surface area contributed by atoms with Crippen LogP contribution in [0.25, 0.3) is 0 Å². The second-order valence-corrected chi connectivity index (χ2v) is 13.2. The van der Waals surface area contributed by atoms with Gasteiger partial charge >= 0.3 is 0 Å². The van der Waals surface area contributed by atoms with Crippen molar-refractivity contribution < 1.29 is 14.0 Å². The van der Waals surface area contributed by atoms with E-state index in [1.807, 2.05) is 30.3 Å². The molecule has 0 bridgehead atoms. The molecule has 2 aliphatic rings. The zero-order valence-electron chi connectivity index (χ0n) is 15.2. The summed E-state index contributed by atoms with van der Waals surface area (Å²) in [6, 6.07) is 9.08. The van der Waals surface area contributed by atoms with Crippen molar-refractivity contribution in [3.63, 3.8) is 0 Å². The molecule has 0 aromatic heterocycles. The molecule has 24 heavy (non-hydrogen) atoms. The molecule has 0 saturated carbocycles. The predicted octanol–water partition coefficient (Wildman–Crippen LogP) is 3.34. The quantitative estimate of drug-likeness (QED) is 0.623. The van der Waals surface area contributed by atoms with Crippen LogP contribution in [-0.2, 0) is 14.0 Å². The Morgan fingerprint density at radius 2 is 1.75 bits per heavy atom. The van der Waals surface area contributed by atoms with E-state index in [1.54, 1.807) is 4.90 Å². The van der Waals surface area contributed by atoms with Gasteiger partial charge in [0, 0.05) is 13.0 Å². The van der Waals surface area contributed by atoms with E-state index in [0.29, 0.717) is 13.0 Å². The van der Waals surface area contributed by atoms with Crippen molar-refractivity contribution in [2.45, 2.75) is 63.4 Å². The number of Topliss-reactive ketones (excluding diaryl/α,β-unsaturated/α-hetero) is 1. The minimum atomic E-state index is -1.89. The molecule has 3 unspecified atom stereocenters. The Kier molecular flexibility index (Phi) is 4.20. The molecule has 2 fully saturated rings. The summed E-state index contributed by atoms with van der Waals surface area (Å²) in [5, 5.41) is 0.126. The smallest absolute Gasteiger partial charge is 0.238 e. The highest BCUT2D eigenvalue weighted by Gasteiger charge is 2.53. The van der Waals surface area contributed by atoms with E-state index in [0.717, 1.165) is 5.56 Å². The van der Waals surface area contributed by atoms with Crippen LogP contribution < -0.4 is 0 Å². The normalized spacial score (nSPS) is 27.7. The minimum absolute atomic E-state index is 0.0134. The van der Waals surface area contributed by atoms with Crippen molar-refractivity contribution >= 4 is 20.0 Å². The number of fused-ring (bicyclic) bond motifs is 1. The van der Waals surface area contributed by atoms with Crippen LogP contribution in [0.4, 0.5) is 0 Å². The second-order valence-electron chi connectivity index (χ2n) is 8.49. The summed E-state index contributed by atoms with van der Waals surface area (Å²) in [4.78, 5) is 27.3. The van der Waals surface area contributed by atoms with E-state index in [-0.39, 0.29) is 28.9 Å². The zero-order valence-corrected chi connectivity index (χ0v) is 16.2. The summed E-state index contributed by atoms with van der Waals surface area (Å²) in [7, 11) is -1.89. The molecule has 2 saturated heterocycles. The lowest BCUT2D eigenvalue weighted by Crippen LogP contribution is -2.45. The maximum absolute atomic E-state index is 12.8. The third-order valence-corrected chi connectivity index (χ3v) is 10.3. The molecule has 2 heterocycles. The molecule has 1 amide bonds. The van der Waals surface area contributed by atoms with Crippen molar-refractivity contribution in [3.05, 3.63) is 35.9 Å². The molecule has 1 aromatic carbocycles. The van der Waals surface area contributed by atoms with Crippen LogP contribution in [0.3, 0.4) is 0 Å². The standard InChI is InChI=1S/C19H27NO3Si/c1-19(2,3)24(4,5)23-14-11-15-17(21)16(18(22)20(15)12-14)13-9-7-6-8-10-13/h6-10,14-16H,11-12H2,1-5H3. The Labute approximate surface area is 145 Å². The second kappa shape index (κ2) is 5.81. The molecule has 130 valence electrons. The average molecular weight is 346 g/mol. The van der Waals surface area contributed by atoms with E-state index in [9.17, 15) is 9.59 Å². The van der Waals surface area contributed by atoms with Crippen molar-refractivity contribution in [1.29, 1.82) is 0 Å². The minimum Gasteiger partial charge on any atom is -0.412 e. The van der Waals surface area contributed by atoms with E-state index < -0.39 is 14.2 Å². The van der Waals surface area contributed by atoms with Crippen molar-refractivity contribution in [3.8, 4) is 0 Å². The van der Waals surface area contributed by atoms with Gasteiger partial charge in [0.05, 0.1) is 12.1 Å². The van der Waals surface area contributed by atoms with Gasteiger partial charge in [-0.15, -0.1) is 0 Å². The SMILES string of the molecule is CC(C)(C)[Si](C)(C)OC1CC2C(=O)C(c3ccccc3)C(=O)N2C1. The van der Waals surface area contributed by atoms with Crippen LogP contribution in [0.15, 0.2) is 30.3 Å². The first-order valence-electron chi connectivity index (χ1n) is 8.69. The third-order valence-electron chi connectivity index (χ3n) is 5.81. The van der Waals surface area contributed by atoms with Crippen molar-refractivity contribution in [2.24, 2.45) is 0 Å². The van der Waals surface area contributed by atoms with Crippen molar-refractivity contribution in [2.75, 3.05) is 6.54 Å². The molecule has 0 radical (unpaired) electrons. The Bertz CT molecular complexity index is 626. The number of hydrogen-bond donors (Lipinski definition) is 0.